The van der Waals surface area contributed by atoms with Crippen molar-refractivity contribution >= 4 is 0 Å². The first kappa shape index (κ1) is 14.3. The standard InChI is InChI=1S/C15H25N3O/c1-9-13(14(19)18-11(3)16-9)10(2)17-12-6-7-15(4,5)8-12/h10,12,17H,6-8H2,1-5H3,(H,16,18,19). The molecule has 2 atom stereocenters. The molecule has 19 heavy (non-hydrogen) atoms. The predicted octanol–water partition coefficient (Wildman–Crippen LogP) is 2.62. The summed E-state index contributed by atoms with van der Waals surface area (Å²) in [6, 6.07) is 0.556. The van der Waals surface area contributed by atoms with Crippen LogP contribution in [0, 0.1) is 19.3 Å². The average molecular weight is 263 g/mol. The van der Waals surface area contributed by atoms with Gasteiger partial charge in [-0.2, -0.15) is 0 Å². The van der Waals surface area contributed by atoms with Crippen LogP contribution in [0.1, 0.15) is 63.2 Å². The summed E-state index contributed by atoms with van der Waals surface area (Å²) in [5, 5.41) is 3.59. The van der Waals surface area contributed by atoms with E-state index in [-0.39, 0.29) is 11.6 Å². The largest absolute Gasteiger partial charge is 0.310 e. The summed E-state index contributed by atoms with van der Waals surface area (Å²) < 4.78 is 0. The minimum absolute atomic E-state index is 0.0118. The number of nitrogens with one attached hydrogen (secondary N) is 2. The highest BCUT2D eigenvalue weighted by molar-refractivity contribution is 5.20. The molecule has 4 nitrogen and oxygen atoms in total. The normalized spacial score (nSPS) is 23.5. The molecule has 0 amide bonds. The highest BCUT2D eigenvalue weighted by Crippen LogP contribution is 2.37. The fraction of sp³-hybridized carbons (Fsp3) is 0.733. The zero-order valence-electron chi connectivity index (χ0n) is 12.6. The molecule has 0 spiro atoms. The molecule has 2 unspecified atom stereocenters. The van der Waals surface area contributed by atoms with Crippen molar-refractivity contribution in [1.29, 1.82) is 0 Å². The molecule has 1 heterocycles. The predicted molar refractivity (Wildman–Crippen MR) is 77.3 cm³/mol. The van der Waals surface area contributed by atoms with Crippen LogP contribution in [-0.4, -0.2) is 16.0 Å². The van der Waals surface area contributed by atoms with Crippen molar-refractivity contribution in [2.24, 2.45) is 5.41 Å². The number of H-pyrrole nitrogens is 1. The van der Waals surface area contributed by atoms with Gasteiger partial charge >= 0.3 is 0 Å². The van der Waals surface area contributed by atoms with Gasteiger partial charge in [0.2, 0.25) is 0 Å². The number of aryl methyl sites for hydroxylation is 2. The first-order valence-electron chi connectivity index (χ1n) is 7.12. The first-order chi connectivity index (χ1) is 8.78. The van der Waals surface area contributed by atoms with Gasteiger partial charge < -0.3 is 10.3 Å². The summed E-state index contributed by atoms with van der Waals surface area (Å²) in [6.07, 6.45) is 3.61. The second kappa shape index (κ2) is 5.08. The van der Waals surface area contributed by atoms with Gasteiger partial charge in [0.05, 0.1) is 5.56 Å². The van der Waals surface area contributed by atoms with E-state index in [9.17, 15) is 4.79 Å². The quantitative estimate of drug-likeness (QED) is 0.881. The molecular weight excluding hydrogens is 238 g/mol. The summed E-state index contributed by atoms with van der Waals surface area (Å²) in [6.45, 7) is 10.4. The van der Waals surface area contributed by atoms with Crippen molar-refractivity contribution in [3.63, 3.8) is 0 Å². The lowest BCUT2D eigenvalue weighted by atomic mass is 9.91. The van der Waals surface area contributed by atoms with Gasteiger partial charge in [0.25, 0.3) is 5.56 Å². The Kier molecular flexibility index (Phi) is 3.81. The lowest BCUT2D eigenvalue weighted by molar-refractivity contribution is 0.355. The highest BCUT2D eigenvalue weighted by atomic mass is 16.1. The maximum atomic E-state index is 12.1. The smallest absolute Gasteiger partial charge is 0.255 e. The number of aromatic nitrogens is 2. The third kappa shape index (κ3) is 3.24. The van der Waals surface area contributed by atoms with Crippen LogP contribution >= 0.6 is 0 Å². The van der Waals surface area contributed by atoms with Gasteiger partial charge in [0.1, 0.15) is 5.82 Å². The number of rotatable bonds is 3. The van der Waals surface area contributed by atoms with Crippen LogP contribution in [0.3, 0.4) is 0 Å². The molecule has 0 aliphatic heterocycles. The van der Waals surface area contributed by atoms with Gasteiger partial charge in [0, 0.05) is 17.8 Å². The van der Waals surface area contributed by atoms with Gasteiger partial charge in [-0.3, -0.25) is 4.79 Å². The van der Waals surface area contributed by atoms with Crippen molar-refractivity contribution in [1.82, 2.24) is 15.3 Å². The van der Waals surface area contributed by atoms with Crippen molar-refractivity contribution in [2.75, 3.05) is 0 Å². The average Bonchev–Trinajstić information content (AvgIpc) is 2.56. The number of nitrogens with zero attached hydrogens (tertiary/aromatic N) is 1. The maximum absolute atomic E-state index is 12.1. The van der Waals surface area contributed by atoms with E-state index in [1.54, 1.807) is 0 Å². The van der Waals surface area contributed by atoms with Crippen LogP contribution in [0.2, 0.25) is 0 Å². The van der Waals surface area contributed by atoms with Gasteiger partial charge in [-0.25, -0.2) is 4.98 Å². The Bertz CT molecular complexity index is 519. The molecule has 1 aliphatic carbocycles. The summed E-state index contributed by atoms with van der Waals surface area (Å²) in [5.41, 5.74) is 2.01. The van der Waals surface area contributed by atoms with E-state index in [0.29, 0.717) is 17.3 Å². The molecule has 0 bridgehead atoms. The number of hydrogen-bond acceptors (Lipinski definition) is 3. The van der Waals surface area contributed by atoms with E-state index in [1.165, 1.54) is 19.3 Å². The van der Waals surface area contributed by atoms with E-state index >= 15 is 0 Å². The van der Waals surface area contributed by atoms with Crippen LogP contribution in [0.5, 0.6) is 0 Å². The fourth-order valence-electron chi connectivity index (χ4n) is 3.26. The van der Waals surface area contributed by atoms with Crippen molar-refractivity contribution in [2.45, 2.75) is 66.0 Å². The Hall–Kier alpha value is -1.16. The second-order valence-electron chi connectivity index (χ2n) is 6.64. The van der Waals surface area contributed by atoms with E-state index in [1.807, 2.05) is 13.8 Å². The number of aromatic amines is 1. The Morgan fingerprint density at radius 3 is 2.63 bits per heavy atom. The SMILES string of the molecule is Cc1nc(C)c(C(C)NC2CCC(C)(C)C2)c(=O)[nH]1. The van der Waals surface area contributed by atoms with Gasteiger partial charge in [-0.05, 0) is 45.4 Å². The molecule has 1 fully saturated rings. The van der Waals surface area contributed by atoms with E-state index in [0.717, 1.165) is 11.3 Å². The Balaban J connectivity index is 2.13. The topological polar surface area (TPSA) is 57.8 Å². The van der Waals surface area contributed by atoms with Crippen molar-refractivity contribution < 1.29 is 0 Å². The molecule has 0 radical (unpaired) electrons. The molecule has 2 N–H and O–H groups in total. The molecular formula is C15H25N3O. The summed E-state index contributed by atoms with van der Waals surface area (Å²) in [5.74, 6) is 0.681. The van der Waals surface area contributed by atoms with Crippen LogP contribution in [-0.2, 0) is 0 Å². The van der Waals surface area contributed by atoms with E-state index in [4.69, 9.17) is 0 Å². The molecule has 1 aromatic heterocycles. The van der Waals surface area contributed by atoms with Crippen LogP contribution in [0.4, 0.5) is 0 Å². The lowest BCUT2D eigenvalue weighted by Gasteiger charge is -2.22. The molecule has 4 heteroatoms. The molecule has 1 aromatic rings. The molecule has 106 valence electrons. The first-order valence-corrected chi connectivity index (χ1v) is 7.12. The van der Waals surface area contributed by atoms with Gasteiger partial charge in [0.15, 0.2) is 0 Å². The minimum Gasteiger partial charge on any atom is -0.310 e. The fourth-order valence-corrected chi connectivity index (χ4v) is 3.26. The Morgan fingerprint density at radius 2 is 2.11 bits per heavy atom. The van der Waals surface area contributed by atoms with Gasteiger partial charge in [-0.1, -0.05) is 13.8 Å². The number of hydrogen-bond donors (Lipinski definition) is 2. The van der Waals surface area contributed by atoms with Crippen molar-refractivity contribution in [3.05, 3.63) is 27.4 Å². The zero-order chi connectivity index (χ0) is 14.2. The zero-order valence-corrected chi connectivity index (χ0v) is 12.6. The lowest BCUT2D eigenvalue weighted by Crippen LogP contribution is -2.34. The molecule has 0 aromatic carbocycles. The molecule has 0 saturated heterocycles. The third-order valence-corrected chi connectivity index (χ3v) is 4.15. The van der Waals surface area contributed by atoms with Gasteiger partial charge in [-0.15, -0.1) is 0 Å². The highest BCUT2D eigenvalue weighted by Gasteiger charge is 2.32. The summed E-state index contributed by atoms with van der Waals surface area (Å²) in [4.78, 5) is 19.2. The summed E-state index contributed by atoms with van der Waals surface area (Å²) >= 11 is 0. The van der Waals surface area contributed by atoms with E-state index in [2.05, 4.69) is 36.1 Å². The monoisotopic (exact) mass is 263 g/mol. The Morgan fingerprint density at radius 1 is 1.42 bits per heavy atom. The van der Waals surface area contributed by atoms with E-state index < -0.39 is 0 Å². The van der Waals surface area contributed by atoms with Crippen molar-refractivity contribution in [3.8, 4) is 0 Å². The Labute approximate surface area is 115 Å². The second-order valence-corrected chi connectivity index (χ2v) is 6.64. The van der Waals surface area contributed by atoms with Crippen LogP contribution in [0.15, 0.2) is 4.79 Å². The third-order valence-electron chi connectivity index (χ3n) is 4.15. The molecule has 2 rings (SSSR count). The van der Waals surface area contributed by atoms with Crippen LogP contribution in [0.25, 0.3) is 0 Å². The maximum Gasteiger partial charge on any atom is 0.255 e. The molecule has 1 saturated carbocycles. The minimum atomic E-state index is -0.0118. The van der Waals surface area contributed by atoms with Crippen LogP contribution < -0.4 is 10.9 Å². The summed E-state index contributed by atoms with van der Waals surface area (Å²) in [7, 11) is 0. The molecule has 1 aliphatic rings.